The number of nitrogens with zero attached hydrogens (tertiary/aromatic N) is 3. The van der Waals surface area contributed by atoms with Crippen molar-refractivity contribution in [3.05, 3.63) is 30.3 Å². The average molecular weight is 227 g/mol. The van der Waals surface area contributed by atoms with Gasteiger partial charge < -0.3 is 4.90 Å². The van der Waals surface area contributed by atoms with Crippen LogP contribution in [-0.2, 0) is 0 Å². The molecule has 0 fully saturated rings. The second-order valence-corrected chi connectivity index (χ2v) is 3.85. The molecule has 0 radical (unpaired) electrons. The minimum atomic E-state index is 0.585. The summed E-state index contributed by atoms with van der Waals surface area (Å²) in [5, 5.41) is 17.1. The number of para-hydroxylation sites is 1. The van der Waals surface area contributed by atoms with Gasteiger partial charge in [0, 0.05) is 31.6 Å². The lowest BCUT2D eigenvalue weighted by Gasteiger charge is -2.24. The van der Waals surface area contributed by atoms with Crippen LogP contribution in [0.2, 0.25) is 0 Å². The fourth-order valence-electron chi connectivity index (χ4n) is 1.71. The predicted octanol–water partition coefficient (Wildman–Crippen LogP) is 3.10. The molecule has 3 nitrogen and oxygen atoms in total. The van der Waals surface area contributed by atoms with Gasteiger partial charge in [0.15, 0.2) is 0 Å². The minimum absolute atomic E-state index is 0.585. The van der Waals surface area contributed by atoms with Gasteiger partial charge in [-0.15, -0.1) is 0 Å². The van der Waals surface area contributed by atoms with Crippen molar-refractivity contribution in [2.45, 2.75) is 25.7 Å². The number of rotatable bonds is 7. The molecule has 0 saturated carbocycles. The third-order valence-electron chi connectivity index (χ3n) is 2.55. The van der Waals surface area contributed by atoms with Crippen LogP contribution in [0.4, 0.5) is 5.69 Å². The third-order valence-corrected chi connectivity index (χ3v) is 2.55. The predicted molar refractivity (Wildman–Crippen MR) is 68.3 cm³/mol. The van der Waals surface area contributed by atoms with Gasteiger partial charge in [0.05, 0.1) is 12.1 Å². The molecule has 1 rings (SSSR count). The molecule has 17 heavy (non-hydrogen) atoms. The molecule has 0 amide bonds. The Morgan fingerprint density at radius 1 is 0.882 bits per heavy atom. The van der Waals surface area contributed by atoms with Crippen molar-refractivity contribution in [2.75, 3.05) is 18.0 Å². The molecule has 0 spiro atoms. The molecule has 3 heteroatoms. The maximum absolute atomic E-state index is 8.55. The maximum atomic E-state index is 8.55. The minimum Gasteiger partial charge on any atom is -0.371 e. The topological polar surface area (TPSA) is 50.8 Å². The second-order valence-electron chi connectivity index (χ2n) is 3.85. The van der Waals surface area contributed by atoms with E-state index >= 15 is 0 Å². The molecule has 0 unspecified atom stereocenters. The van der Waals surface area contributed by atoms with E-state index in [1.165, 1.54) is 5.69 Å². The van der Waals surface area contributed by atoms with Crippen molar-refractivity contribution in [1.29, 1.82) is 10.5 Å². The Labute approximate surface area is 103 Å². The molecule has 0 heterocycles. The summed E-state index contributed by atoms with van der Waals surface area (Å²) in [5.41, 5.74) is 1.17. The van der Waals surface area contributed by atoms with Crippen LogP contribution in [0.1, 0.15) is 25.7 Å². The van der Waals surface area contributed by atoms with Crippen molar-refractivity contribution in [3.8, 4) is 12.1 Å². The Kier molecular flexibility index (Phi) is 6.29. The van der Waals surface area contributed by atoms with E-state index in [1.54, 1.807) is 0 Å². The lowest BCUT2D eigenvalue weighted by atomic mass is 10.2. The number of unbranched alkanes of at least 4 members (excludes halogenated alkanes) is 2. The molecule has 0 aromatic heterocycles. The van der Waals surface area contributed by atoms with Gasteiger partial charge >= 0.3 is 0 Å². The molecular formula is C14H17N3. The average Bonchev–Trinajstić information content (AvgIpc) is 2.38. The highest BCUT2D eigenvalue weighted by Crippen LogP contribution is 2.14. The Morgan fingerprint density at radius 2 is 1.41 bits per heavy atom. The van der Waals surface area contributed by atoms with Gasteiger partial charge in [-0.25, -0.2) is 0 Å². The van der Waals surface area contributed by atoms with Crippen LogP contribution in [0.3, 0.4) is 0 Å². The van der Waals surface area contributed by atoms with Crippen LogP contribution < -0.4 is 4.90 Å². The fraction of sp³-hybridized carbons (Fsp3) is 0.429. The van der Waals surface area contributed by atoms with Crippen LogP contribution in [0, 0.1) is 22.7 Å². The van der Waals surface area contributed by atoms with Crippen LogP contribution in [-0.4, -0.2) is 13.1 Å². The van der Waals surface area contributed by atoms with E-state index in [0.29, 0.717) is 12.8 Å². The molecule has 0 N–H and O–H groups in total. The van der Waals surface area contributed by atoms with Crippen LogP contribution in [0.25, 0.3) is 0 Å². The molecule has 1 aromatic carbocycles. The molecule has 0 atom stereocenters. The highest BCUT2D eigenvalue weighted by molar-refractivity contribution is 5.45. The highest BCUT2D eigenvalue weighted by atomic mass is 15.1. The standard InChI is InChI=1S/C14H17N3/c15-10-4-6-12-17(13-7-5-11-16)14-8-2-1-3-9-14/h1-3,8-9H,4-7,12-13H2. The van der Waals surface area contributed by atoms with Gasteiger partial charge in [0.25, 0.3) is 0 Å². The van der Waals surface area contributed by atoms with Crippen molar-refractivity contribution < 1.29 is 0 Å². The van der Waals surface area contributed by atoms with Gasteiger partial charge in [-0.05, 0) is 25.0 Å². The summed E-state index contributed by atoms with van der Waals surface area (Å²) in [6.07, 6.45) is 2.92. The molecule has 0 aliphatic carbocycles. The van der Waals surface area contributed by atoms with Crippen LogP contribution in [0.5, 0.6) is 0 Å². The number of anilines is 1. The lowest BCUT2D eigenvalue weighted by molar-refractivity contribution is 0.708. The van der Waals surface area contributed by atoms with E-state index in [9.17, 15) is 0 Å². The molecule has 0 saturated heterocycles. The first kappa shape index (κ1) is 13.1. The van der Waals surface area contributed by atoms with Crippen molar-refractivity contribution in [1.82, 2.24) is 0 Å². The van der Waals surface area contributed by atoms with Crippen molar-refractivity contribution >= 4 is 5.69 Å². The van der Waals surface area contributed by atoms with E-state index in [1.807, 2.05) is 18.2 Å². The summed E-state index contributed by atoms with van der Waals surface area (Å²) in [6.45, 7) is 1.76. The SMILES string of the molecule is N#CCCCN(CCCC#N)c1ccccc1. The Balaban J connectivity index is 2.53. The van der Waals surface area contributed by atoms with E-state index in [0.717, 1.165) is 25.9 Å². The first-order valence-electron chi connectivity index (χ1n) is 5.92. The number of nitriles is 2. The molecule has 1 aromatic rings. The summed E-state index contributed by atoms with van der Waals surface area (Å²) in [7, 11) is 0. The molecule has 0 aliphatic heterocycles. The highest BCUT2D eigenvalue weighted by Gasteiger charge is 2.04. The van der Waals surface area contributed by atoms with E-state index in [-0.39, 0.29) is 0 Å². The summed E-state index contributed by atoms with van der Waals surface area (Å²) in [5.74, 6) is 0. The van der Waals surface area contributed by atoms with E-state index in [2.05, 4.69) is 29.2 Å². The third kappa shape index (κ3) is 5.04. The van der Waals surface area contributed by atoms with Gasteiger partial charge in [0.1, 0.15) is 0 Å². The summed E-state index contributed by atoms with van der Waals surface area (Å²) < 4.78 is 0. The Bertz CT molecular complexity index is 366. The zero-order chi connectivity index (χ0) is 12.3. The number of hydrogen-bond acceptors (Lipinski definition) is 3. The largest absolute Gasteiger partial charge is 0.371 e. The quantitative estimate of drug-likeness (QED) is 0.672. The zero-order valence-electron chi connectivity index (χ0n) is 9.97. The van der Waals surface area contributed by atoms with Gasteiger partial charge in [-0.1, -0.05) is 18.2 Å². The van der Waals surface area contributed by atoms with Gasteiger partial charge in [0.2, 0.25) is 0 Å². The van der Waals surface area contributed by atoms with Crippen LogP contribution >= 0.6 is 0 Å². The molecule has 0 aliphatic rings. The van der Waals surface area contributed by atoms with E-state index in [4.69, 9.17) is 10.5 Å². The Morgan fingerprint density at radius 3 is 1.88 bits per heavy atom. The van der Waals surface area contributed by atoms with E-state index < -0.39 is 0 Å². The zero-order valence-corrected chi connectivity index (χ0v) is 9.97. The molecular weight excluding hydrogens is 210 g/mol. The fourth-order valence-corrected chi connectivity index (χ4v) is 1.71. The summed E-state index contributed by atoms with van der Waals surface area (Å²) in [4.78, 5) is 2.24. The second kappa shape index (κ2) is 8.19. The number of benzene rings is 1. The van der Waals surface area contributed by atoms with Gasteiger partial charge in [-0.3, -0.25) is 0 Å². The Hall–Kier alpha value is -2.00. The summed E-state index contributed by atoms with van der Waals surface area (Å²) in [6, 6.07) is 14.5. The summed E-state index contributed by atoms with van der Waals surface area (Å²) >= 11 is 0. The lowest BCUT2D eigenvalue weighted by Crippen LogP contribution is -2.25. The number of hydrogen-bond donors (Lipinski definition) is 0. The smallest absolute Gasteiger partial charge is 0.0622 e. The van der Waals surface area contributed by atoms with Crippen LogP contribution in [0.15, 0.2) is 30.3 Å². The van der Waals surface area contributed by atoms with Crippen molar-refractivity contribution in [2.24, 2.45) is 0 Å². The first-order chi connectivity index (χ1) is 8.38. The maximum Gasteiger partial charge on any atom is 0.0622 e. The monoisotopic (exact) mass is 227 g/mol. The van der Waals surface area contributed by atoms with Crippen molar-refractivity contribution in [3.63, 3.8) is 0 Å². The first-order valence-corrected chi connectivity index (χ1v) is 5.92. The molecule has 88 valence electrons. The van der Waals surface area contributed by atoms with Gasteiger partial charge in [-0.2, -0.15) is 10.5 Å². The molecule has 0 bridgehead atoms. The normalized spacial score (nSPS) is 9.29.